The van der Waals surface area contributed by atoms with Crippen molar-refractivity contribution in [3.63, 3.8) is 0 Å². The Morgan fingerprint density at radius 1 is 1.08 bits per heavy atom. The van der Waals surface area contributed by atoms with Gasteiger partial charge in [-0.2, -0.15) is 0 Å². The van der Waals surface area contributed by atoms with Crippen LogP contribution < -0.4 is 15.4 Å². The van der Waals surface area contributed by atoms with E-state index in [9.17, 15) is 9.59 Å². The number of aryl methyl sites for hydroxylation is 1. The molecule has 0 unspecified atom stereocenters. The number of carbonyl (C=O) groups is 2. The Morgan fingerprint density at radius 2 is 1.77 bits per heavy atom. The third-order valence-corrected chi connectivity index (χ3v) is 4.76. The molecule has 0 aliphatic heterocycles. The molecule has 0 aliphatic carbocycles. The summed E-state index contributed by atoms with van der Waals surface area (Å²) in [5, 5.41) is 5.34. The van der Waals surface area contributed by atoms with Gasteiger partial charge in [0.05, 0.1) is 23.3 Å². The lowest BCUT2D eigenvalue weighted by Gasteiger charge is -2.13. The Kier molecular flexibility index (Phi) is 7.53. The fraction of sp³-hybridized carbons (Fsp3) is 0.300. The first-order valence-corrected chi connectivity index (χ1v) is 9.55. The molecule has 6 heteroatoms. The number of ether oxygens (including phenoxy) is 1. The number of hydrogen-bond acceptors (Lipinski definition) is 4. The van der Waals surface area contributed by atoms with Crippen LogP contribution in [0.2, 0.25) is 0 Å². The third kappa shape index (κ3) is 6.11. The standard InChI is InChI=1S/C20H24N2O3S/c1-4-25-18-8-6-5-7-17(18)22-19(23)13-26-15(3)20(24)21-16-11-9-14(2)10-12-16/h5-12,15H,4,13H2,1-3H3,(H,21,24)(H,22,23)/t15-/m0/s1. The minimum absolute atomic E-state index is 0.124. The van der Waals surface area contributed by atoms with Crippen LogP contribution in [-0.4, -0.2) is 29.4 Å². The first-order valence-electron chi connectivity index (χ1n) is 8.50. The van der Waals surface area contributed by atoms with Crippen molar-refractivity contribution in [2.75, 3.05) is 23.0 Å². The van der Waals surface area contributed by atoms with E-state index in [0.29, 0.717) is 18.0 Å². The molecular formula is C20H24N2O3S. The van der Waals surface area contributed by atoms with E-state index in [1.54, 1.807) is 13.0 Å². The van der Waals surface area contributed by atoms with Gasteiger partial charge in [0, 0.05) is 5.69 Å². The lowest BCUT2D eigenvalue weighted by molar-refractivity contribution is -0.115. The SMILES string of the molecule is CCOc1ccccc1NC(=O)CS[C@@H](C)C(=O)Nc1ccc(C)cc1. The summed E-state index contributed by atoms with van der Waals surface area (Å²) in [6.07, 6.45) is 0. The van der Waals surface area contributed by atoms with Crippen molar-refractivity contribution >= 4 is 35.0 Å². The van der Waals surface area contributed by atoms with Gasteiger partial charge in [-0.15, -0.1) is 11.8 Å². The smallest absolute Gasteiger partial charge is 0.237 e. The van der Waals surface area contributed by atoms with Crippen LogP contribution in [0.15, 0.2) is 48.5 Å². The summed E-state index contributed by atoms with van der Waals surface area (Å²) in [6.45, 7) is 6.20. The highest BCUT2D eigenvalue weighted by Crippen LogP contribution is 2.24. The molecule has 0 bridgehead atoms. The van der Waals surface area contributed by atoms with Gasteiger partial charge in [0.15, 0.2) is 0 Å². The van der Waals surface area contributed by atoms with E-state index in [1.807, 2.05) is 56.3 Å². The number of nitrogens with one attached hydrogen (secondary N) is 2. The highest BCUT2D eigenvalue weighted by atomic mass is 32.2. The molecule has 2 aromatic carbocycles. The van der Waals surface area contributed by atoms with Gasteiger partial charge in [-0.05, 0) is 45.0 Å². The number of benzene rings is 2. The first-order chi connectivity index (χ1) is 12.5. The van der Waals surface area contributed by atoms with Crippen LogP contribution in [0.4, 0.5) is 11.4 Å². The maximum absolute atomic E-state index is 12.2. The number of thioether (sulfide) groups is 1. The second-order valence-electron chi connectivity index (χ2n) is 5.79. The predicted octanol–water partition coefficient (Wildman–Crippen LogP) is 4.09. The summed E-state index contributed by atoms with van der Waals surface area (Å²) >= 11 is 1.29. The molecule has 0 aliphatic rings. The van der Waals surface area contributed by atoms with Crippen LogP contribution in [0.25, 0.3) is 0 Å². The quantitative estimate of drug-likeness (QED) is 0.732. The summed E-state index contributed by atoms with van der Waals surface area (Å²) in [5.41, 5.74) is 2.52. The van der Waals surface area contributed by atoms with Crippen LogP contribution in [0.1, 0.15) is 19.4 Å². The normalized spacial score (nSPS) is 11.5. The fourth-order valence-electron chi connectivity index (χ4n) is 2.19. The highest BCUT2D eigenvalue weighted by Gasteiger charge is 2.16. The van der Waals surface area contributed by atoms with Crippen LogP contribution in [0, 0.1) is 6.92 Å². The average molecular weight is 372 g/mol. The van der Waals surface area contributed by atoms with E-state index >= 15 is 0 Å². The lowest BCUT2D eigenvalue weighted by atomic mass is 10.2. The van der Waals surface area contributed by atoms with Crippen molar-refractivity contribution in [2.45, 2.75) is 26.0 Å². The molecule has 0 saturated carbocycles. The maximum atomic E-state index is 12.2. The van der Waals surface area contributed by atoms with Crippen LogP contribution in [-0.2, 0) is 9.59 Å². The Balaban J connectivity index is 1.82. The van der Waals surface area contributed by atoms with Gasteiger partial charge in [-0.1, -0.05) is 29.8 Å². The lowest BCUT2D eigenvalue weighted by Crippen LogP contribution is -2.25. The number of para-hydroxylation sites is 2. The Morgan fingerprint density at radius 3 is 2.46 bits per heavy atom. The number of rotatable bonds is 8. The van der Waals surface area contributed by atoms with E-state index in [4.69, 9.17) is 4.74 Å². The molecule has 26 heavy (non-hydrogen) atoms. The summed E-state index contributed by atoms with van der Waals surface area (Å²) in [4.78, 5) is 24.4. The van der Waals surface area contributed by atoms with E-state index in [0.717, 1.165) is 11.3 Å². The van der Waals surface area contributed by atoms with Crippen LogP contribution in [0.3, 0.4) is 0 Å². The molecule has 1 atom stereocenters. The van der Waals surface area contributed by atoms with E-state index in [-0.39, 0.29) is 22.8 Å². The summed E-state index contributed by atoms with van der Waals surface area (Å²) < 4.78 is 5.49. The van der Waals surface area contributed by atoms with Gasteiger partial charge in [0.25, 0.3) is 0 Å². The summed E-state index contributed by atoms with van der Waals surface area (Å²) in [6, 6.07) is 14.9. The van der Waals surface area contributed by atoms with Gasteiger partial charge in [-0.25, -0.2) is 0 Å². The molecule has 0 radical (unpaired) electrons. The molecule has 2 aromatic rings. The zero-order valence-electron chi connectivity index (χ0n) is 15.2. The Labute approximate surface area is 158 Å². The van der Waals surface area contributed by atoms with Crippen LogP contribution >= 0.6 is 11.8 Å². The van der Waals surface area contributed by atoms with Crippen molar-refractivity contribution in [3.05, 3.63) is 54.1 Å². The van der Waals surface area contributed by atoms with E-state index in [2.05, 4.69) is 10.6 Å². The highest BCUT2D eigenvalue weighted by molar-refractivity contribution is 8.01. The summed E-state index contributed by atoms with van der Waals surface area (Å²) in [5.74, 6) is 0.528. The fourth-order valence-corrected chi connectivity index (χ4v) is 2.88. The molecule has 2 N–H and O–H groups in total. The predicted molar refractivity (Wildman–Crippen MR) is 108 cm³/mol. The molecule has 0 fully saturated rings. The van der Waals surface area contributed by atoms with E-state index < -0.39 is 0 Å². The van der Waals surface area contributed by atoms with Crippen molar-refractivity contribution in [1.29, 1.82) is 0 Å². The number of carbonyl (C=O) groups excluding carboxylic acids is 2. The van der Waals surface area contributed by atoms with Crippen molar-refractivity contribution < 1.29 is 14.3 Å². The molecule has 138 valence electrons. The largest absolute Gasteiger partial charge is 0.492 e. The average Bonchev–Trinajstić information content (AvgIpc) is 2.63. The van der Waals surface area contributed by atoms with Gasteiger partial charge >= 0.3 is 0 Å². The van der Waals surface area contributed by atoms with Gasteiger partial charge in [-0.3, -0.25) is 9.59 Å². The van der Waals surface area contributed by atoms with Crippen molar-refractivity contribution in [2.24, 2.45) is 0 Å². The molecule has 0 saturated heterocycles. The zero-order valence-corrected chi connectivity index (χ0v) is 16.1. The third-order valence-electron chi connectivity index (χ3n) is 3.61. The topological polar surface area (TPSA) is 67.4 Å². The van der Waals surface area contributed by atoms with Crippen LogP contribution in [0.5, 0.6) is 5.75 Å². The van der Waals surface area contributed by atoms with Crippen molar-refractivity contribution in [3.8, 4) is 5.75 Å². The zero-order chi connectivity index (χ0) is 18.9. The van der Waals surface area contributed by atoms with Gasteiger partial charge in [0.1, 0.15) is 5.75 Å². The minimum atomic E-state index is -0.343. The first kappa shape index (κ1) is 19.8. The van der Waals surface area contributed by atoms with E-state index in [1.165, 1.54) is 11.8 Å². The van der Waals surface area contributed by atoms with Gasteiger partial charge < -0.3 is 15.4 Å². The molecule has 5 nitrogen and oxygen atoms in total. The second-order valence-corrected chi connectivity index (χ2v) is 7.11. The number of anilines is 2. The monoisotopic (exact) mass is 372 g/mol. The molecular weight excluding hydrogens is 348 g/mol. The minimum Gasteiger partial charge on any atom is -0.492 e. The van der Waals surface area contributed by atoms with Gasteiger partial charge in [0.2, 0.25) is 11.8 Å². The van der Waals surface area contributed by atoms with Crippen molar-refractivity contribution in [1.82, 2.24) is 0 Å². The Bertz CT molecular complexity index is 747. The summed E-state index contributed by atoms with van der Waals surface area (Å²) in [7, 11) is 0. The second kappa shape index (κ2) is 9.87. The molecule has 0 heterocycles. The number of hydrogen-bond donors (Lipinski definition) is 2. The number of amides is 2. The Hall–Kier alpha value is -2.47. The molecule has 0 aromatic heterocycles. The maximum Gasteiger partial charge on any atom is 0.237 e. The molecule has 2 amide bonds. The molecule has 2 rings (SSSR count). The molecule has 0 spiro atoms.